The quantitative estimate of drug-likeness (QED) is 0.612. The van der Waals surface area contributed by atoms with Crippen LogP contribution < -0.4 is 0 Å². The lowest BCUT2D eigenvalue weighted by Gasteiger charge is -2.19. The molecule has 1 aliphatic carbocycles. The van der Waals surface area contributed by atoms with E-state index in [-0.39, 0.29) is 21.4 Å². The molecule has 130 valence electrons. The number of carbonyl (C=O) groups is 2. The van der Waals surface area contributed by atoms with E-state index in [0.717, 1.165) is 26.5 Å². The summed E-state index contributed by atoms with van der Waals surface area (Å²) < 4.78 is 0. The molecule has 2 atom stereocenters. The highest BCUT2D eigenvalue weighted by molar-refractivity contribution is 8.22. The van der Waals surface area contributed by atoms with Crippen molar-refractivity contribution in [2.75, 3.05) is 0 Å². The molecule has 0 spiro atoms. The summed E-state index contributed by atoms with van der Waals surface area (Å²) in [7, 11) is 0. The van der Waals surface area contributed by atoms with E-state index < -0.39 is 0 Å². The first kappa shape index (κ1) is 16.8. The van der Waals surface area contributed by atoms with E-state index in [2.05, 4.69) is 38.1 Å². The summed E-state index contributed by atoms with van der Waals surface area (Å²) >= 11 is 6.13. The third kappa shape index (κ3) is 2.54. The van der Waals surface area contributed by atoms with Crippen LogP contribution in [0, 0.1) is 19.8 Å². The van der Waals surface area contributed by atoms with Gasteiger partial charge in [0.1, 0.15) is 0 Å². The Kier molecular flexibility index (Phi) is 3.94. The number of allylic oxidation sites excluding steroid dienone is 3. The molecule has 0 amide bonds. The van der Waals surface area contributed by atoms with Crippen molar-refractivity contribution in [1.82, 2.24) is 0 Å². The Balaban J connectivity index is 1.62. The van der Waals surface area contributed by atoms with Crippen LogP contribution in [0.4, 0.5) is 0 Å². The molecule has 6 heteroatoms. The summed E-state index contributed by atoms with van der Waals surface area (Å²) in [5.74, 6) is -0.00160. The lowest BCUT2D eigenvalue weighted by Crippen LogP contribution is -2.11. The number of rotatable bonds is 2. The fourth-order valence-electron chi connectivity index (χ4n) is 3.54. The molecule has 0 saturated carbocycles. The van der Waals surface area contributed by atoms with Gasteiger partial charge >= 0.3 is 0 Å². The minimum atomic E-state index is -0.00160. The monoisotopic (exact) mass is 414 g/mol. The van der Waals surface area contributed by atoms with Crippen molar-refractivity contribution in [3.63, 3.8) is 0 Å². The van der Waals surface area contributed by atoms with Gasteiger partial charge in [0.05, 0.1) is 5.25 Å². The summed E-state index contributed by atoms with van der Waals surface area (Å²) in [5, 5.41) is 0.328. The van der Waals surface area contributed by atoms with Crippen molar-refractivity contribution < 1.29 is 9.59 Å². The highest BCUT2D eigenvalue weighted by Gasteiger charge is 2.44. The van der Waals surface area contributed by atoms with Crippen molar-refractivity contribution >= 4 is 61.3 Å². The first-order chi connectivity index (χ1) is 12.5. The van der Waals surface area contributed by atoms with Gasteiger partial charge in [-0.15, -0.1) is 22.7 Å². The number of fused-ring (bicyclic) bond motifs is 2. The second-order valence-electron chi connectivity index (χ2n) is 6.52. The first-order valence-corrected chi connectivity index (χ1v) is 11.6. The Morgan fingerprint density at radius 3 is 2.38 bits per heavy atom. The van der Waals surface area contributed by atoms with E-state index in [9.17, 15) is 9.59 Å². The summed E-state index contributed by atoms with van der Waals surface area (Å²) in [6.07, 6.45) is 4.03. The molecule has 3 aliphatic rings. The first-order valence-electron chi connectivity index (χ1n) is 8.25. The third-order valence-electron chi connectivity index (χ3n) is 4.76. The zero-order chi connectivity index (χ0) is 18.0. The predicted octanol–water partition coefficient (Wildman–Crippen LogP) is 5.91. The molecule has 2 aliphatic heterocycles. The molecule has 0 N–H and O–H groups in total. The number of thiophene rings is 2. The van der Waals surface area contributed by atoms with E-state index in [4.69, 9.17) is 0 Å². The van der Waals surface area contributed by atoms with Crippen LogP contribution >= 0.6 is 46.2 Å². The van der Waals surface area contributed by atoms with Gasteiger partial charge < -0.3 is 0 Å². The van der Waals surface area contributed by atoms with Crippen LogP contribution in [-0.2, 0) is 9.59 Å². The van der Waals surface area contributed by atoms with Crippen LogP contribution in [0.5, 0.6) is 0 Å². The van der Waals surface area contributed by atoms with Crippen LogP contribution in [0.15, 0.2) is 53.1 Å². The number of thioether (sulfide) groups is 2. The third-order valence-corrected chi connectivity index (χ3v) is 9.44. The topological polar surface area (TPSA) is 34.1 Å². The van der Waals surface area contributed by atoms with Crippen LogP contribution in [0.2, 0.25) is 0 Å². The molecule has 4 heterocycles. The lowest BCUT2D eigenvalue weighted by molar-refractivity contribution is -0.108. The molecule has 0 radical (unpaired) electrons. The zero-order valence-electron chi connectivity index (χ0n) is 14.1. The molecule has 26 heavy (non-hydrogen) atoms. The maximum atomic E-state index is 12.7. The molecular weight excluding hydrogens is 400 g/mol. The van der Waals surface area contributed by atoms with Gasteiger partial charge in [-0.3, -0.25) is 9.59 Å². The predicted molar refractivity (Wildman–Crippen MR) is 113 cm³/mol. The van der Waals surface area contributed by atoms with Gasteiger partial charge in [-0.25, -0.2) is 0 Å². The Morgan fingerprint density at radius 2 is 1.69 bits per heavy atom. The van der Waals surface area contributed by atoms with Gasteiger partial charge in [0.2, 0.25) is 10.2 Å². The molecule has 2 aromatic heterocycles. The van der Waals surface area contributed by atoms with E-state index in [1.165, 1.54) is 38.2 Å². The average Bonchev–Trinajstić information content (AvgIpc) is 3.36. The fraction of sp³-hybridized carbons (Fsp3) is 0.200. The van der Waals surface area contributed by atoms with Crippen molar-refractivity contribution in [2.45, 2.75) is 19.1 Å². The molecule has 2 unspecified atom stereocenters. The fourth-order valence-corrected chi connectivity index (χ4v) is 7.86. The zero-order valence-corrected chi connectivity index (χ0v) is 17.3. The van der Waals surface area contributed by atoms with Crippen LogP contribution in [0.25, 0.3) is 4.91 Å². The van der Waals surface area contributed by atoms with E-state index in [1.54, 1.807) is 22.7 Å². The van der Waals surface area contributed by atoms with E-state index in [1.807, 2.05) is 12.2 Å². The Bertz CT molecular complexity index is 1060. The summed E-state index contributed by atoms with van der Waals surface area (Å²) in [5.41, 5.74) is 2.55. The molecule has 2 nitrogen and oxygen atoms in total. The largest absolute Gasteiger partial charge is 0.282 e. The molecule has 0 aromatic carbocycles. The van der Waals surface area contributed by atoms with Gasteiger partial charge in [-0.05, 0) is 56.0 Å². The Labute approximate surface area is 168 Å². The highest BCUT2D eigenvalue weighted by atomic mass is 32.2. The van der Waals surface area contributed by atoms with E-state index in [0.29, 0.717) is 0 Å². The number of hydrogen-bond acceptors (Lipinski definition) is 6. The number of aryl methyl sites for hydroxylation is 2. The Morgan fingerprint density at radius 1 is 0.923 bits per heavy atom. The molecule has 0 bridgehead atoms. The molecule has 2 aromatic rings. The maximum absolute atomic E-state index is 12.7. The molecular formula is C20H14O2S4. The Hall–Kier alpha value is -1.34. The molecule has 1 saturated heterocycles. The van der Waals surface area contributed by atoms with Crippen LogP contribution in [0.1, 0.15) is 24.8 Å². The summed E-state index contributed by atoms with van der Waals surface area (Å²) in [6.45, 7) is 4.15. The smallest absolute Gasteiger partial charge is 0.224 e. The van der Waals surface area contributed by atoms with Crippen molar-refractivity contribution in [3.05, 3.63) is 72.6 Å². The van der Waals surface area contributed by atoms with Crippen molar-refractivity contribution in [2.24, 2.45) is 5.92 Å². The standard InChI is InChI=1S/C20H14O2S4/c1-9-3-5-15(23-9)17-11-7-14-12(8-13(11)19(21)25-17)18(26-20(14)22)16-6-4-10(2)24-16/h3-8,11,17H,1-2H3. The van der Waals surface area contributed by atoms with Gasteiger partial charge in [-0.2, -0.15) is 0 Å². The van der Waals surface area contributed by atoms with E-state index >= 15 is 0 Å². The average molecular weight is 415 g/mol. The van der Waals surface area contributed by atoms with Crippen molar-refractivity contribution in [3.8, 4) is 0 Å². The number of hydrogen-bond donors (Lipinski definition) is 0. The van der Waals surface area contributed by atoms with Crippen LogP contribution in [0.3, 0.4) is 0 Å². The highest BCUT2D eigenvalue weighted by Crippen LogP contribution is 2.56. The van der Waals surface area contributed by atoms with Crippen molar-refractivity contribution in [1.29, 1.82) is 0 Å². The maximum Gasteiger partial charge on any atom is 0.224 e. The van der Waals surface area contributed by atoms with Crippen LogP contribution in [-0.4, -0.2) is 10.2 Å². The SMILES string of the molecule is Cc1ccc(C2=C3C=C4C(=O)SC(c5ccc(C)s5)C4C=C3C(=O)S2)s1. The molecule has 5 rings (SSSR count). The van der Waals surface area contributed by atoms with Gasteiger partial charge in [0.25, 0.3) is 0 Å². The second-order valence-corrected chi connectivity index (χ2v) is 11.2. The number of carbonyl (C=O) groups excluding carboxylic acids is 2. The summed E-state index contributed by atoms with van der Waals surface area (Å²) in [6, 6.07) is 8.36. The normalized spacial score (nSPS) is 24.7. The van der Waals surface area contributed by atoms with Gasteiger partial charge in [0, 0.05) is 47.1 Å². The van der Waals surface area contributed by atoms with Gasteiger partial charge in [0.15, 0.2) is 0 Å². The summed E-state index contributed by atoms with van der Waals surface area (Å²) in [4.78, 5) is 31.1. The second kappa shape index (κ2) is 6.09. The lowest BCUT2D eigenvalue weighted by atomic mass is 9.85. The minimum absolute atomic E-state index is 0.00160. The molecule has 1 fully saturated rings. The minimum Gasteiger partial charge on any atom is -0.282 e. The van der Waals surface area contributed by atoms with Gasteiger partial charge in [-0.1, -0.05) is 17.8 Å².